The molecule has 170 valence electrons. The zero-order valence-electron chi connectivity index (χ0n) is 18.4. The van der Waals surface area contributed by atoms with Crippen molar-refractivity contribution in [2.24, 2.45) is 5.10 Å². The molecule has 33 heavy (non-hydrogen) atoms. The van der Waals surface area contributed by atoms with Crippen molar-refractivity contribution >= 4 is 17.3 Å². The molecule has 0 saturated heterocycles. The number of hydrazone groups is 1. The summed E-state index contributed by atoms with van der Waals surface area (Å²) in [5, 5.41) is 18.0. The smallest absolute Gasteiger partial charge is 0.214 e. The number of aromatic hydroxyl groups is 1. The number of rotatable bonds is 5. The lowest BCUT2D eigenvalue weighted by Gasteiger charge is -2.38. The molecule has 5 rings (SSSR count). The van der Waals surface area contributed by atoms with E-state index in [2.05, 4.69) is 0 Å². The van der Waals surface area contributed by atoms with E-state index < -0.39 is 6.23 Å². The van der Waals surface area contributed by atoms with Crippen molar-refractivity contribution in [3.63, 3.8) is 0 Å². The monoisotopic (exact) mass is 466 g/mol. The van der Waals surface area contributed by atoms with Crippen molar-refractivity contribution in [3.8, 4) is 28.7 Å². The molecule has 0 aromatic heterocycles. The molecule has 0 amide bonds. The SMILES string of the molecule is COc1ccc(O)c(C2=NN3[C@H](C2)c2cc(Cl)ccc2O[C@@H]3c2ccc(OC)c(OC)c2)c1. The fourth-order valence-corrected chi connectivity index (χ4v) is 4.50. The molecule has 0 bridgehead atoms. The number of benzene rings is 3. The van der Waals surface area contributed by atoms with Gasteiger partial charge in [0.2, 0.25) is 6.23 Å². The lowest BCUT2D eigenvalue weighted by Crippen LogP contribution is -2.33. The van der Waals surface area contributed by atoms with Crippen LogP contribution in [0.15, 0.2) is 59.7 Å². The molecule has 2 aliphatic heterocycles. The first kappa shape index (κ1) is 21.3. The number of methoxy groups -OCH3 is 3. The van der Waals surface area contributed by atoms with Crippen molar-refractivity contribution < 1.29 is 24.1 Å². The van der Waals surface area contributed by atoms with E-state index in [0.29, 0.717) is 34.3 Å². The van der Waals surface area contributed by atoms with Gasteiger partial charge in [0, 0.05) is 28.1 Å². The standard InChI is InChI=1S/C25H23ClN2O5/c1-30-16-6-7-21(29)17(12-16)19-13-20-18-11-15(26)5-9-22(18)33-25(28(20)27-19)14-4-8-23(31-2)24(10-14)32-3/h4-12,20,25,29H,13H2,1-3H3/t20-,25-/m1/s1. The van der Waals surface area contributed by atoms with Gasteiger partial charge in [-0.15, -0.1) is 0 Å². The van der Waals surface area contributed by atoms with E-state index >= 15 is 0 Å². The minimum Gasteiger partial charge on any atom is -0.507 e. The summed E-state index contributed by atoms with van der Waals surface area (Å²) in [6.45, 7) is 0. The third-order valence-corrected chi connectivity index (χ3v) is 6.19. The van der Waals surface area contributed by atoms with Crippen molar-refractivity contribution in [2.75, 3.05) is 21.3 Å². The number of nitrogens with zero attached hydrogens (tertiary/aromatic N) is 2. The van der Waals surface area contributed by atoms with Gasteiger partial charge in [0.05, 0.1) is 33.1 Å². The predicted molar refractivity (Wildman–Crippen MR) is 125 cm³/mol. The molecule has 1 N–H and O–H groups in total. The molecule has 0 fully saturated rings. The van der Waals surface area contributed by atoms with E-state index in [4.69, 9.17) is 35.6 Å². The van der Waals surface area contributed by atoms with Crippen LogP contribution in [0.1, 0.15) is 35.4 Å². The van der Waals surface area contributed by atoms with Gasteiger partial charge in [-0.25, -0.2) is 5.01 Å². The molecule has 0 aliphatic carbocycles. The highest BCUT2D eigenvalue weighted by Gasteiger charge is 2.41. The van der Waals surface area contributed by atoms with Crippen LogP contribution in [0.2, 0.25) is 5.02 Å². The Kier molecular flexibility index (Phi) is 5.42. The van der Waals surface area contributed by atoms with Crippen LogP contribution in [0, 0.1) is 0 Å². The van der Waals surface area contributed by atoms with Crippen molar-refractivity contribution in [3.05, 3.63) is 76.3 Å². The van der Waals surface area contributed by atoms with Gasteiger partial charge < -0.3 is 24.1 Å². The highest BCUT2D eigenvalue weighted by atomic mass is 35.5. The van der Waals surface area contributed by atoms with E-state index in [9.17, 15) is 5.11 Å². The summed E-state index contributed by atoms with van der Waals surface area (Å²) in [7, 11) is 4.79. The zero-order chi connectivity index (χ0) is 23.1. The summed E-state index contributed by atoms with van der Waals surface area (Å²) in [4.78, 5) is 0. The minimum atomic E-state index is -0.506. The Morgan fingerprint density at radius 1 is 0.970 bits per heavy atom. The molecule has 3 aromatic carbocycles. The third-order valence-electron chi connectivity index (χ3n) is 5.96. The summed E-state index contributed by atoms with van der Waals surface area (Å²) < 4.78 is 22.6. The molecule has 0 saturated carbocycles. The number of ether oxygens (including phenoxy) is 4. The summed E-state index contributed by atoms with van der Waals surface area (Å²) in [5.41, 5.74) is 3.16. The largest absolute Gasteiger partial charge is 0.507 e. The number of halogens is 1. The molecule has 2 atom stereocenters. The lowest BCUT2D eigenvalue weighted by atomic mass is 9.95. The van der Waals surface area contributed by atoms with Crippen LogP contribution in [0.25, 0.3) is 0 Å². The van der Waals surface area contributed by atoms with E-state index in [-0.39, 0.29) is 11.8 Å². The Balaban J connectivity index is 1.62. The molecular weight excluding hydrogens is 444 g/mol. The maximum Gasteiger partial charge on any atom is 0.214 e. The zero-order valence-corrected chi connectivity index (χ0v) is 19.2. The van der Waals surface area contributed by atoms with Gasteiger partial charge in [-0.05, 0) is 54.6 Å². The molecule has 0 spiro atoms. The predicted octanol–water partition coefficient (Wildman–Crippen LogP) is 5.31. The molecular formula is C25H23ClN2O5. The van der Waals surface area contributed by atoms with Crippen LogP contribution in [-0.2, 0) is 0 Å². The van der Waals surface area contributed by atoms with Gasteiger partial charge in [0.15, 0.2) is 11.5 Å². The molecule has 0 radical (unpaired) electrons. The van der Waals surface area contributed by atoms with Gasteiger partial charge in [-0.1, -0.05) is 11.6 Å². The molecule has 3 aromatic rings. The Labute approximate surface area is 196 Å². The first-order valence-corrected chi connectivity index (χ1v) is 10.8. The summed E-state index contributed by atoms with van der Waals surface area (Å²) in [5.74, 6) is 2.76. The van der Waals surface area contributed by atoms with E-state index in [1.807, 2.05) is 41.4 Å². The Bertz CT molecular complexity index is 1250. The minimum absolute atomic E-state index is 0.119. The third kappa shape index (κ3) is 3.68. The van der Waals surface area contributed by atoms with Crippen LogP contribution in [0.5, 0.6) is 28.7 Å². The highest BCUT2D eigenvalue weighted by molar-refractivity contribution is 6.30. The number of hydrogen-bond donors (Lipinski definition) is 1. The summed E-state index contributed by atoms with van der Waals surface area (Å²) in [6.07, 6.45) is 0.0649. The van der Waals surface area contributed by atoms with E-state index in [0.717, 1.165) is 22.6 Å². The molecule has 2 heterocycles. The van der Waals surface area contributed by atoms with Gasteiger partial charge in [-0.2, -0.15) is 5.10 Å². The maximum atomic E-state index is 10.5. The van der Waals surface area contributed by atoms with Crippen molar-refractivity contribution in [1.29, 1.82) is 0 Å². The second-order valence-electron chi connectivity index (χ2n) is 7.80. The fourth-order valence-electron chi connectivity index (χ4n) is 4.32. The fraction of sp³-hybridized carbons (Fsp3) is 0.240. The number of phenolic OH excluding ortho intramolecular Hbond substituents is 1. The van der Waals surface area contributed by atoms with Gasteiger partial charge >= 0.3 is 0 Å². The topological polar surface area (TPSA) is 72.8 Å². The van der Waals surface area contributed by atoms with E-state index in [1.165, 1.54) is 0 Å². The molecule has 2 aliphatic rings. The van der Waals surface area contributed by atoms with Crippen LogP contribution in [-0.4, -0.2) is 37.2 Å². The van der Waals surface area contributed by atoms with Gasteiger partial charge in [-0.3, -0.25) is 0 Å². The van der Waals surface area contributed by atoms with Crippen molar-refractivity contribution in [2.45, 2.75) is 18.7 Å². The van der Waals surface area contributed by atoms with Crippen LogP contribution >= 0.6 is 11.6 Å². The van der Waals surface area contributed by atoms with E-state index in [1.54, 1.807) is 39.5 Å². The van der Waals surface area contributed by atoms with Gasteiger partial charge in [0.1, 0.15) is 17.2 Å². The summed E-state index contributed by atoms with van der Waals surface area (Å²) >= 11 is 6.31. The average Bonchev–Trinajstić information content (AvgIpc) is 3.29. The van der Waals surface area contributed by atoms with Crippen LogP contribution in [0.4, 0.5) is 0 Å². The molecule has 8 heteroatoms. The Hall–Kier alpha value is -3.58. The second-order valence-corrected chi connectivity index (χ2v) is 8.23. The second kappa shape index (κ2) is 8.41. The molecule has 0 unspecified atom stereocenters. The highest BCUT2D eigenvalue weighted by Crippen LogP contribution is 2.49. The van der Waals surface area contributed by atoms with Crippen molar-refractivity contribution in [1.82, 2.24) is 5.01 Å². The quantitative estimate of drug-likeness (QED) is 0.549. The normalized spacial score (nSPS) is 18.7. The Morgan fingerprint density at radius 3 is 2.55 bits per heavy atom. The van der Waals surface area contributed by atoms with Crippen LogP contribution < -0.4 is 18.9 Å². The van der Waals surface area contributed by atoms with Crippen LogP contribution in [0.3, 0.4) is 0 Å². The average molecular weight is 467 g/mol. The Morgan fingerprint density at radius 2 is 1.79 bits per heavy atom. The first-order chi connectivity index (χ1) is 16.0. The number of phenols is 1. The lowest BCUT2D eigenvalue weighted by molar-refractivity contribution is -0.0191. The number of hydrogen-bond acceptors (Lipinski definition) is 7. The maximum absolute atomic E-state index is 10.5. The molecule has 7 nitrogen and oxygen atoms in total. The number of fused-ring (bicyclic) bond motifs is 3. The van der Waals surface area contributed by atoms with Gasteiger partial charge in [0.25, 0.3) is 0 Å². The summed E-state index contributed by atoms with van der Waals surface area (Å²) in [6, 6.07) is 16.3. The first-order valence-electron chi connectivity index (χ1n) is 10.4.